The van der Waals surface area contributed by atoms with Gasteiger partial charge in [0.05, 0.1) is 12.4 Å². The summed E-state index contributed by atoms with van der Waals surface area (Å²) in [4.78, 5) is 18.2. The van der Waals surface area contributed by atoms with Crippen molar-refractivity contribution in [3.05, 3.63) is 30.1 Å². The molecule has 2 N–H and O–H groups in total. The van der Waals surface area contributed by atoms with E-state index < -0.39 is 0 Å². The third-order valence-corrected chi connectivity index (χ3v) is 4.63. The molecule has 2 aromatic rings. The highest BCUT2D eigenvalue weighted by molar-refractivity contribution is 8.01. The number of thioether (sulfide) groups is 1. The number of nitrogens with zero attached hydrogens (tertiary/aromatic N) is 4. The Morgan fingerprint density at radius 3 is 3.00 bits per heavy atom. The molecule has 0 aliphatic rings. The first-order valence-corrected chi connectivity index (χ1v) is 8.36. The van der Waals surface area contributed by atoms with Crippen LogP contribution in [0.15, 0.2) is 28.9 Å². The average Bonchev–Trinajstić information content (AvgIpc) is 2.95. The number of ether oxygens (including phenoxy) is 1. The number of methoxy groups -OCH3 is 1. The minimum atomic E-state index is 0.0136. The SMILES string of the molecule is COCCN(Cc1cccnc1)C(=O)CSc1nnc(N)s1. The van der Waals surface area contributed by atoms with E-state index in [-0.39, 0.29) is 5.91 Å². The fourth-order valence-corrected chi connectivity index (χ4v) is 3.24. The lowest BCUT2D eigenvalue weighted by atomic mass is 10.2. The number of nitrogen functional groups attached to an aromatic ring is 1. The predicted molar refractivity (Wildman–Crippen MR) is 86.6 cm³/mol. The van der Waals surface area contributed by atoms with E-state index in [0.717, 1.165) is 5.56 Å². The molecule has 0 unspecified atom stereocenters. The van der Waals surface area contributed by atoms with E-state index >= 15 is 0 Å². The fraction of sp³-hybridized carbons (Fsp3) is 0.385. The van der Waals surface area contributed by atoms with Crippen LogP contribution in [0.5, 0.6) is 0 Å². The number of rotatable bonds is 8. The molecule has 0 saturated heterocycles. The van der Waals surface area contributed by atoms with Gasteiger partial charge in [0.15, 0.2) is 4.34 Å². The Kier molecular flexibility index (Phi) is 6.56. The lowest BCUT2D eigenvalue weighted by molar-refractivity contribution is -0.129. The van der Waals surface area contributed by atoms with Crippen molar-refractivity contribution in [1.82, 2.24) is 20.1 Å². The molecule has 0 fully saturated rings. The molecule has 9 heteroatoms. The second-order valence-corrected chi connectivity index (χ2v) is 6.60. The zero-order valence-corrected chi connectivity index (χ0v) is 13.8. The Hall–Kier alpha value is -1.71. The number of nitrogens with two attached hydrogens (primary N) is 1. The standard InChI is InChI=1S/C13H17N5O2S2/c1-20-6-5-18(8-10-3-2-4-15-7-10)11(19)9-21-13-17-16-12(14)22-13/h2-4,7H,5-6,8-9H2,1H3,(H2,14,16). The normalized spacial score (nSPS) is 10.6. The molecule has 0 spiro atoms. The quantitative estimate of drug-likeness (QED) is 0.724. The van der Waals surface area contributed by atoms with Crippen LogP contribution in [0.1, 0.15) is 5.56 Å². The van der Waals surface area contributed by atoms with Gasteiger partial charge in [-0.2, -0.15) is 0 Å². The molecular weight excluding hydrogens is 322 g/mol. The molecule has 2 aromatic heterocycles. The second kappa shape index (κ2) is 8.66. The number of carbonyl (C=O) groups is 1. The minimum Gasteiger partial charge on any atom is -0.383 e. The van der Waals surface area contributed by atoms with E-state index in [0.29, 0.717) is 34.9 Å². The van der Waals surface area contributed by atoms with Gasteiger partial charge in [-0.15, -0.1) is 10.2 Å². The van der Waals surface area contributed by atoms with Gasteiger partial charge in [0.1, 0.15) is 0 Å². The average molecular weight is 339 g/mol. The number of pyridine rings is 1. The molecule has 1 amide bonds. The molecule has 118 valence electrons. The third kappa shape index (κ3) is 5.24. The molecule has 22 heavy (non-hydrogen) atoms. The van der Waals surface area contributed by atoms with Crippen LogP contribution in [0.25, 0.3) is 0 Å². The monoisotopic (exact) mass is 339 g/mol. The van der Waals surface area contributed by atoms with Crippen molar-refractivity contribution in [2.45, 2.75) is 10.9 Å². The Bertz CT molecular complexity index is 593. The zero-order chi connectivity index (χ0) is 15.8. The van der Waals surface area contributed by atoms with Crippen LogP contribution in [0.2, 0.25) is 0 Å². The lowest BCUT2D eigenvalue weighted by Crippen LogP contribution is -2.34. The molecule has 0 radical (unpaired) electrons. The lowest BCUT2D eigenvalue weighted by Gasteiger charge is -2.22. The largest absolute Gasteiger partial charge is 0.383 e. The Balaban J connectivity index is 1.93. The van der Waals surface area contributed by atoms with E-state index in [9.17, 15) is 4.79 Å². The van der Waals surface area contributed by atoms with Crippen LogP contribution < -0.4 is 5.73 Å². The number of amides is 1. The van der Waals surface area contributed by atoms with Crippen molar-refractivity contribution >= 4 is 34.1 Å². The van der Waals surface area contributed by atoms with Crippen molar-refractivity contribution in [3.8, 4) is 0 Å². The second-order valence-electron chi connectivity index (χ2n) is 4.36. The summed E-state index contributed by atoms with van der Waals surface area (Å²) in [5.74, 6) is 0.304. The van der Waals surface area contributed by atoms with Gasteiger partial charge < -0.3 is 15.4 Å². The maximum absolute atomic E-state index is 12.4. The van der Waals surface area contributed by atoms with E-state index in [1.165, 1.54) is 23.1 Å². The van der Waals surface area contributed by atoms with Gasteiger partial charge >= 0.3 is 0 Å². The Morgan fingerprint density at radius 1 is 1.50 bits per heavy atom. The smallest absolute Gasteiger partial charge is 0.233 e. The highest BCUT2D eigenvalue weighted by Crippen LogP contribution is 2.23. The van der Waals surface area contributed by atoms with E-state index in [2.05, 4.69) is 15.2 Å². The van der Waals surface area contributed by atoms with Gasteiger partial charge in [0.25, 0.3) is 0 Å². The third-order valence-electron chi connectivity index (χ3n) is 2.76. The fourth-order valence-electron chi connectivity index (χ4n) is 1.70. The molecule has 0 saturated carbocycles. The molecule has 0 aromatic carbocycles. The minimum absolute atomic E-state index is 0.0136. The van der Waals surface area contributed by atoms with Crippen molar-refractivity contribution < 1.29 is 9.53 Å². The zero-order valence-electron chi connectivity index (χ0n) is 12.1. The van der Waals surface area contributed by atoms with Crippen LogP contribution in [0, 0.1) is 0 Å². The summed E-state index contributed by atoms with van der Waals surface area (Å²) in [5.41, 5.74) is 6.51. The first-order chi connectivity index (χ1) is 10.7. The van der Waals surface area contributed by atoms with Crippen molar-refractivity contribution in [1.29, 1.82) is 0 Å². The molecule has 2 heterocycles. The number of anilines is 1. The summed E-state index contributed by atoms with van der Waals surface area (Å²) in [6.07, 6.45) is 3.46. The van der Waals surface area contributed by atoms with Crippen LogP contribution in [0.4, 0.5) is 5.13 Å². The summed E-state index contributed by atoms with van der Waals surface area (Å²) < 4.78 is 5.77. The van der Waals surface area contributed by atoms with E-state index in [4.69, 9.17) is 10.5 Å². The maximum Gasteiger partial charge on any atom is 0.233 e. The number of aromatic nitrogens is 3. The summed E-state index contributed by atoms with van der Waals surface area (Å²) in [5, 5.41) is 8.03. The highest BCUT2D eigenvalue weighted by Gasteiger charge is 2.15. The summed E-state index contributed by atoms with van der Waals surface area (Å²) in [6, 6.07) is 3.80. The highest BCUT2D eigenvalue weighted by atomic mass is 32.2. The van der Waals surface area contributed by atoms with Crippen LogP contribution >= 0.6 is 23.1 Å². The molecular formula is C13H17N5O2S2. The summed E-state index contributed by atoms with van der Waals surface area (Å²) in [7, 11) is 1.62. The van der Waals surface area contributed by atoms with Crippen LogP contribution in [0.3, 0.4) is 0 Å². The number of carbonyl (C=O) groups excluding carboxylic acids is 1. The summed E-state index contributed by atoms with van der Waals surface area (Å²) >= 11 is 2.62. The molecule has 2 rings (SSSR count). The Morgan fingerprint density at radius 2 is 2.36 bits per heavy atom. The summed E-state index contributed by atoms with van der Waals surface area (Å²) in [6.45, 7) is 1.53. The topological polar surface area (TPSA) is 94.2 Å². The van der Waals surface area contributed by atoms with Gasteiger partial charge in [0.2, 0.25) is 11.0 Å². The van der Waals surface area contributed by atoms with Crippen LogP contribution in [-0.4, -0.2) is 52.0 Å². The molecule has 0 aliphatic carbocycles. The first-order valence-electron chi connectivity index (χ1n) is 6.56. The number of hydrogen-bond donors (Lipinski definition) is 1. The molecule has 0 aliphatic heterocycles. The van der Waals surface area contributed by atoms with Crippen LogP contribution in [-0.2, 0) is 16.1 Å². The molecule has 7 nitrogen and oxygen atoms in total. The number of hydrogen-bond acceptors (Lipinski definition) is 8. The predicted octanol–water partition coefficient (Wildman–Crippen LogP) is 1.28. The molecule has 0 atom stereocenters. The first kappa shape index (κ1) is 16.7. The van der Waals surface area contributed by atoms with Gasteiger partial charge in [-0.05, 0) is 11.6 Å². The van der Waals surface area contributed by atoms with Crippen molar-refractivity contribution in [3.63, 3.8) is 0 Å². The Labute approximate surface area is 136 Å². The maximum atomic E-state index is 12.4. The van der Waals surface area contributed by atoms with Gasteiger partial charge in [-0.3, -0.25) is 9.78 Å². The van der Waals surface area contributed by atoms with Crippen molar-refractivity contribution in [2.75, 3.05) is 31.7 Å². The van der Waals surface area contributed by atoms with E-state index in [1.54, 1.807) is 24.4 Å². The van der Waals surface area contributed by atoms with Gasteiger partial charge in [0, 0.05) is 32.6 Å². The molecule has 0 bridgehead atoms. The van der Waals surface area contributed by atoms with Crippen molar-refractivity contribution in [2.24, 2.45) is 0 Å². The van der Waals surface area contributed by atoms with Gasteiger partial charge in [-0.25, -0.2) is 0 Å². The van der Waals surface area contributed by atoms with Gasteiger partial charge in [-0.1, -0.05) is 29.2 Å². The van der Waals surface area contributed by atoms with E-state index in [1.807, 2.05) is 12.1 Å².